The Balaban J connectivity index is 1.75. The predicted molar refractivity (Wildman–Crippen MR) is 84.4 cm³/mol. The Kier molecular flexibility index (Phi) is 5.45. The molecule has 0 aromatic heterocycles. The predicted octanol–water partition coefficient (Wildman–Crippen LogP) is 3.99. The lowest BCUT2D eigenvalue weighted by atomic mass is 10.0. The minimum Gasteiger partial charge on any atom is -0.494 e. The minimum absolute atomic E-state index is 0.0981. The zero-order chi connectivity index (χ0) is 14.4. The van der Waals surface area contributed by atoms with E-state index < -0.39 is 0 Å². The molecule has 2 nitrogen and oxygen atoms in total. The second-order valence-corrected chi connectivity index (χ2v) is 5.48. The van der Waals surface area contributed by atoms with Gasteiger partial charge in [-0.05, 0) is 55.2 Å². The van der Waals surface area contributed by atoms with E-state index in [1.54, 1.807) is 0 Å². The SMILES string of the molecule is Cc1cccc(OCCC(N)Cc2ccc(Cl)cc2)c1. The zero-order valence-corrected chi connectivity index (χ0v) is 12.4. The molecule has 0 amide bonds. The molecule has 0 heterocycles. The van der Waals surface area contributed by atoms with Gasteiger partial charge in [0.05, 0.1) is 6.61 Å². The highest BCUT2D eigenvalue weighted by Gasteiger charge is 2.05. The van der Waals surface area contributed by atoms with E-state index in [0.29, 0.717) is 6.61 Å². The van der Waals surface area contributed by atoms with Gasteiger partial charge in [-0.3, -0.25) is 0 Å². The van der Waals surface area contributed by atoms with Gasteiger partial charge in [0.25, 0.3) is 0 Å². The van der Waals surface area contributed by atoms with Crippen LogP contribution in [0.2, 0.25) is 5.02 Å². The van der Waals surface area contributed by atoms with Crippen LogP contribution in [0.4, 0.5) is 0 Å². The van der Waals surface area contributed by atoms with Crippen LogP contribution in [-0.4, -0.2) is 12.6 Å². The zero-order valence-electron chi connectivity index (χ0n) is 11.7. The largest absolute Gasteiger partial charge is 0.494 e. The lowest BCUT2D eigenvalue weighted by Gasteiger charge is -2.13. The van der Waals surface area contributed by atoms with Gasteiger partial charge in [0.15, 0.2) is 0 Å². The van der Waals surface area contributed by atoms with Crippen LogP contribution < -0.4 is 10.5 Å². The minimum atomic E-state index is 0.0981. The molecule has 1 atom stereocenters. The highest BCUT2D eigenvalue weighted by molar-refractivity contribution is 6.30. The first-order chi connectivity index (χ1) is 9.63. The summed E-state index contributed by atoms with van der Waals surface area (Å²) < 4.78 is 5.71. The molecule has 0 bridgehead atoms. The lowest BCUT2D eigenvalue weighted by Crippen LogP contribution is -2.25. The van der Waals surface area contributed by atoms with E-state index in [1.807, 2.05) is 42.5 Å². The standard InChI is InChI=1S/C17H20ClNO/c1-13-3-2-4-17(11-13)20-10-9-16(19)12-14-5-7-15(18)8-6-14/h2-8,11,16H,9-10,12,19H2,1H3. The fourth-order valence-electron chi connectivity index (χ4n) is 2.06. The summed E-state index contributed by atoms with van der Waals surface area (Å²) in [6, 6.07) is 16.0. The quantitative estimate of drug-likeness (QED) is 0.873. The molecule has 3 heteroatoms. The molecule has 0 aliphatic heterocycles. The van der Waals surface area contributed by atoms with Gasteiger partial charge in [-0.1, -0.05) is 35.9 Å². The Hall–Kier alpha value is -1.51. The molecule has 1 unspecified atom stereocenters. The lowest BCUT2D eigenvalue weighted by molar-refractivity contribution is 0.297. The summed E-state index contributed by atoms with van der Waals surface area (Å²) in [5.74, 6) is 0.906. The number of aryl methyl sites for hydroxylation is 1. The molecule has 106 valence electrons. The summed E-state index contributed by atoms with van der Waals surface area (Å²) in [7, 11) is 0. The third-order valence-corrected chi connectivity index (χ3v) is 3.41. The Morgan fingerprint density at radius 1 is 1.15 bits per heavy atom. The van der Waals surface area contributed by atoms with Crippen molar-refractivity contribution in [3.63, 3.8) is 0 Å². The van der Waals surface area contributed by atoms with Gasteiger partial charge in [0.1, 0.15) is 5.75 Å². The van der Waals surface area contributed by atoms with E-state index >= 15 is 0 Å². The van der Waals surface area contributed by atoms with Crippen LogP contribution in [0.5, 0.6) is 5.75 Å². The van der Waals surface area contributed by atoms with Gasteiger partial charge in [0, 0.05) is 11.1 Å². The van der Waals surface area contributed by atoms with Crippen molar-refractivity contribution >= 4 is 11.6 Å². The van der Waals surface area contributed by atoms with Crippen LogP contribution in [0.1, 0.15) is 17.5 Å². The average molecular weight is 290 g/mol. The molecular weight excluding hydrogens is 270 g/mol. The Morgan fingerprint density at radius 3 is 2.60 bits per heavy atom. The molecule has 0 spiro atoms. The van der Waals surface area contributed by atoms with Crippen LogP contribution in [0, 0.1) is 6.92 Å². The third-order valence-electron chi connectivity index (χ3n) is 3.16. The Bertz CT molecular complexity index is 539. The van der Waals surface area contributed by atoms with Gasteiger partial charge in [-0.25, -0.2) is 0 Å². The van der Waals surface area contributed by atoms with Crippen LogP contribution in [0.25, 0.3) is 0 Å². The van der Waals surface area contributed by atoms with Crippen molar-refractivity contribution < 1.29 is 4.74 Å². The number of hydrogen-bond acceptors (Lipinski definition) is 2. The van der Waals surface area contributed by atoms with Gasteiger partial charge in [-0.15, -0.1) is 0 Å². The highest BCUT2D eigenvalue weighted by Crippen LogP contribution is 2.14. The first-order valence-electron chi connectivity index (χ1n) is 6.83. The summed E-state index contributed by atoms with van der Waals surface area (Å²) in [4.78, 5) is 0. The number of benzene rings is 2. The fraction of sp³-hybridized carbons (Fsp3) is 0.294. The maximum Gasteiger partial charge on any atom is 0.119 e. The number of ether oxygens (including phenoxy) is 1. The van der Waals surface area contributed by atoms with E-state index in [0.717, 1.165) is 23.6 Å². The molecule has 2 aromatic carbocycles. The van der Waals surface area contributed by atoms with Gasteiger partial charge in [-0.2, -0.15) is 0 Å². The summed E-state index contributed by atoms with van der Waals surface area (Å²) in [6.45, 7) is 2.69. The van der Waals surface area contributed by atoms with E-state index in [2.05, 4.69) is 13.0 Å². The van der Waals surface area contributed by atoms with Gasteiger partial charge in [0.2, 0.25) is 0 Å². The molecular formula is C17H20ClNO. The summed E-state index contributed by atoms with van der Waals surface area (Å²) in [5, 5.41) is 0.755. The molecule has 0 saturated carbocycles. The Morgan fingerprint density at radius 2 is 1.90 bits per heavy atom. The maximum atomic E-state index is 6.12. The number of hydrogen-bond donors (Lipinski definition) is 1. The molecule has 0 aliphatic rings. The summed E-state index contributed by atoms with van der Waals surface area (Å²) in [5.41, 5.74) is 8.53. The number of rotatable bonds is 6. The van der Waals surface area contributed by atoms with E-state index in [1.165, 1.54) is 11.1 Å². The van der Waals surface area contributed by atoms with Gasteiger partial charge < -0.3 is 10.5 Å². The van der Waals surface area contributed by atoms with Crippen molar-refractivity contribution in [1.82, 2.24) is 0 Å². The molecule has 0 saturated heterocycles. The van der Waals surface area contributed by atoms with E-state index in [-0.39, 0.29) is 6.04 Å². The van der Waals surface area contributed by atoms with Crippen molar-refractivity contribution in [2.24, 2.45) is 5.73 Å². The molecule has 2 aromatic rings. The maximum absolute atomic E-state index is 6.12. The average Bonchev–Trinajstić information content (AvgIpc) is 2.41. The second kappa shape index (κ2) is 7.32. The molecule has 0 radical (unpaired) electrons. The van der Waals surface area contributed by atoms with Crippen LogP contribution in [-0.2, 0) is 6.42 Å². The number of halogens is 1. The van der Waals surface area contributed by atoms with Crippen LogP contribution >= 0.6 is 11.6 Å². The molecule has 20 heavy (non-hydrogen) atoms. The topological polar surface area (TPSA) is 35.2 Å². The summed E-state index contributed by atoms with van der Waals surface area (Å²) >= 11 is 5.86. The van der Waals surface area contributed by atoms with E-state index in [9.17, 15) is 0 Å². The highest BCUT2D eigenvalue weighted by atomic mass is 35.5. The van der Waals surface area contributed by atoms with Crippen LogP contribution in [0.15, 0.2) is 48.5 Å². The molecule has 0 fully saturated rings. The van der Waals surface area contributed by atoms with E-state index in [4.69, 9.17) is 22.1 Å². The van der Waals surface area contributed by atoms with Crippen molar-refractivity contribution in [2.45, 2.75) is 25.8 Å². The molecule has 2 rings (SSSR count). The Labute approximate surface area is 125 Å². The second-order valence-electron chi connectivity index (χ2n) is 5.04. The smallest absolute Gasteiger partial charge is 0.119 e. The van der Waals surface area contributed by atoms with Crippen LogP contribution in [0.3, 0.4) is 0 Å². The van der Waals surface area contributed by atoms with Crippen molar-refractivity contribution in [3.8, 4) is 5.75 Å². The third kappa shape index (κ3) is 4.87. The van der Waals surface area contributed by atoms with Crippen molar-refractivity contribution in [3.05, 3.63) is 64.7 Å². The van der Waals surface area contributed by atoms with Crippen molar-refractivity contribution in [2.75, 3.05) is 6.61 Å². The van der Waals surface area contributed by atoms with Crippen molar-refractivity contribution in [1.29, 1.82) is 0 Å². The normalized spacial score (nSPS) is 12.2. The van der Waals surface area contributed by atoms with Gasteiger partial charge >= 0.3 is 0 Å². The summed E-state index contributed by atoms with van der Waals surface area (Å²) in [6.07, 6.45) is 1.67. The first kappa shape index (κ1) is 14.9. The first-order valence-corrected chi connectivity index (χ1v) is 7.21. The number of nitrogens with two attached hydrogens (primary N) is 1. The molecule has 2 N–H and O–H groups in total. The molecule has 0 aliphatic carbocycles. The fourth-order valence-corrected chi connectivity index (χ4v) is 2.18. The monoisotopic (exact) mass is 289 g/mol.